The molecule has 1 rings (SSSR count). The van der Waals surface area contributed by atoms with Crippen molar-refractivity contribution in [2.24, 2.45) is 0 Å². The number of amides is 1. The van der Waals surface area contributed by atoms with Crippen LogP contribution >= 0.6 is 22.9 Å². The number of carboxylic acid groups (broad SMARTS) is 1. The molecule has 0 saturated carbocycles. The van der Waals surface area contributed by atoms with Crippen molar-refractivity contribution in [2.45, 2.75) is 25.8 Å². The number of carboxylic acids is 1. The van der Waals surface area contributed by atoms with E-state index in [2.05, 4.69) is 6.58 Å². The average Bonchev–Trinajstić information content (AvgIpc) is 2.73. The van der Waals surface area contributed by atoms with Gasteiger partial charge in [-0.05, 0) is 18.6 Å². The maximum Gasteiger partial charge on any atom is 0.303 e. The topological polar surface area (TPSA) is 57.6 Å². The molecular formula is C13H16ClNO3S. The third-order valence-corrected chi connectivity index (χ3v) is 3.67. The molecule has 104 valence electrons. The molecule has 4 nitrogen and oxygen atoms in total. The predicted molar refractivity (Wildman–Crippen MR) is 76.4 cm³/mol. The molecule has 0 atom stereocenters. The van der Waals surface area contributed by atoms with Crippen molar-refractivity contribution in [2.75, 3.05) is 6.54 Å². The zero-order valence-corrected chi connectivity index (χ0v) is 12.0. The van der Waals surface area contributed by atoms with Crippen LogP contribution < -0.4 is 0 Å². The van der Waals surface area contributed by atoms with Crippen LogP contribution in [0.15, 0.2) is 24.8 Å². The highest BCUT2D eigenvalue weighted by Crippen LogP contribution is 2.23. The minimum atomic E-state index is -0.881. The summed E-state index contributed by atoms with van der Waals surface area (Å²) in [6.45, 7) is 4.55. The Morgan fingerprint density at radius 2 is 2.16 bits per heavy atom. The van der Waals surface area contributed by atoms with Gasteiger partial charge in [0.1, 0.15) is 0 Å². The Hall–Kier alpha value is -1.33. The number of aliphatic carboxylic acids is 1. The number of carbonyl (C=O) groups is 2. The van der Waals surface area contributed by atoms with Gasteiger partial charge in [0.05, 0.1) is 10.9 Å². The summed E-state index contributed by atoms with van der Waals surface area (Å²) in [6, 6.07) is 3.68. The van der Waals surface area contributed by atoms with E-state index in [1.54, 1.807) is 17.0 Å². The fraction of sp³-hybridized carbons (Fsp3) is 0.385. The molecular weight excluding hydrogens is 286 g/mol. The SMILES string of the molecule is C=CCN(Cc1ccc(Cl)s1)C(=O)CCCC(=O)O. The van der Waals surface area contributed by atoms with Gasteiger partial charge in [0.15, 0.2) is 0 Å². The second-order valence-corrected chi connectivity index (χ2v) is 5.82. The minimum absolute atomic E-state index is 0.0124. The number of thiophene rings is 1. The van der Waals surface area contributed by atoms with E-state index < -0.39 is 5.97 Å². The second-order valence-electron chi connectivity index (χ2n) is 4.02. The first kappa shape index (κ1) is 15.7. The highest BCUT2D eigenvalue weighted by molar-refractivity contribution is 7.16. The second kappa shape index (κ2) is 7.96. The molecule has 0 spiro atoms. The third-order valence-electron chi connectivity index (χ3n) is 2.46. The van der Waals surface area contributed by atoms with E-state index in [1.165, 1.54) is 11.3 Å². The summed E-state index contributed by atoms with van der Waals surface area (Å²) in [7, 11) is 0. The number of hydrogen-bond donors (Lipinski definition) is 1. The van der Waals surface area contributed by atoms with E-state index in [1.807, 2.05) is 6.07 Å². The number of halogens is 1. The van der Waals surface area contributed by atoms with Crippen LogP contribution in [0, 0.1) is 0 Å². The number of hydrogen-bond acceptors (Lipinski definition) is 3. The Kier molecular flexibility index (Phi) is 6.59. The van der Waals surface area contributed by atoms with Gasteiger partial charge in [-0.3, -0.25) is 9.59 Å². The molecule has 19 heavy (non-hydrogen) atoms. The number of rotatable bonds is 8. The average molecular weight is 302 g/mol. The van der Waals surface area contributed by atoms with Gasteiger partial charge in [0.25, 0.3) is 0 Å². The van der Waals surface area contributed by atoms with Crippen molar-refractivity contribution >= 4 is 34.8 Å². The predicted octanol–water partition coefficient (Wildman–Crippen LogP) is 3.17. The summed E-state index contributed by atoms with van der Waals surface area (Å²) < 4.78 is 0.687. The number of carbonyl (C=O) groups excluding carboxylic acids is 1. The number of nitrogens with zero attached hydrogens (tertiary/aromatic N) is 1. The van der Waals surface area contributed by atoms with E-state index >= 15 is 0 Å². The zero-order valence-electron chi connectivity index (χ0n) is 10.5. The van der Waals surface area contributed by atoms with Crippen LogP contribution in [0.4, 0.5) is 0 Å². The van der Waals surface area contributed by atoms with Crippen molar-refractivity contribution < 1.29 is 14.7 Å². The summed E-state index contributed by atoms with van der Waals surface area (Å²) in [5.74, 6) is -0.946. The fourth-order valence-corrected chi connectivity index (χ4v) is 2.69. The van der Waals surface area contributed by atoms with Crippen molar-refractivity contribution in [1.82, 2.24) is 4.90 Å². The van der Waals surface area contributed by atoms with E-state index in [0.717, 1.165) is 4.88 Å². The summed E-state index contributed by atoms with van der Waals surface area (Å²) in [4.78, 5) is 25.0. The molecule has 1 aromatic rings. The van der Waals surface area contributed by atoms with Gasteiger partial charge in [-0.25, -0.2) is 0 Å². The molecule has 0 aliphatic carbocycles. The lowest BCUT2D eigenvalue weighted by Crippen LogP contribution is -2.30. The van der Waals surface area contributed by atoms with E-state index in [0.29, 0.717) is 23.8 Å². The van der Waals surface area contributed by atoms with Crippen LogP contribution in [0.1, 0.15) is 24.1 Å². The molecule has 0 radical (unpaired) electrons. The van der Waals surface area contributed by atoms with E-state index in [-0.39, 0.29) is 18.7 Å². The fourth-order valence-electron chi connectivity index (χ4n) is 1.58. The molecule has 6 heteroatoms. The van der Waals surface area contributed by atoms with Crippen LogP contribution in [-0.2, 0) is 16.1 Å². The van der Waals surface area contributed by atoms with Crippen LogP contribution in [0.2, 0.25) is 4.34 Å². The Labute approximate surface area is 121 Å². The van der Waals surface area contributed by atoms with Crippen molar-refractivity contribution in [3.05, 3.63) is 34.0 Å². The summed E-state index contributed by atoms with van der Waals surface area (Å²) in [6.07, 6.45) is 2.26. The smallest absolute Gasteiger partial charge is 0.303 e. The Balaban J connectivity index is 2.53. The summed E-state index contributed by atoms with van der Waals surface area (Å²) >= 11 is 7.28. The summed E-state index contributed by atoms with van der Waals surface area (Å²) in [5.41, 5.74) is 0. The normalized spacial score (nSPS) is 10.2. The quantitative estimate of drug-likeness (QED) is 0.750. The molecule has 1 N–H and O–H groups in total. The molecule has 0 bridgehead atoms. The van der Waals surface area contributed by atoms with Gasteiger partial charge < -0.3 is 10.0 Å². The largest absolute Gasteiger partial charge is 0.481 e. The Bertz CT molecular complexity index is 458. The molecule has 1 heterocycles. The highest BCUT2D eigenvalue weighted by atomic mass is 35.5. The van der Waals surface area contributed by atoms with Gasteiger partial charge in [-0.1, -0.05) is 17.7 Å². The molecule has 0 fully saturated rings. The maximum absolute atomic E-state index is 12.0. The summed E-state index contributed by atoms with van der Waals surface area (Å²) in [5, 5.41) is 8.55. The Morgan fingerprint density at radius 3 is 2.68 bits per heavy atom. The van der Waals surface area contributed by atoms with Crippen molar-refractivity contribution in [3.8, 4) is 0 Å². The molecule has 0 aromatic carbocycles. The molecule has 0 aliphatic rings. The standard InChI is InChI=1S/C13H16ClNO3S/c1-2-8-15(9-10-6-7-11(14)19-10)12(16)4-3-5-13(17)18/h2,6-7H,1,3-5,8-9H2,(H,17,18). The first-order valence-corrected chi connectivity index (χ1v) is 7.07. The molecule has 0 aliphatic heterocycles. The Morgan fingerprint density at radius 1 is 1.42 bits per heavy atom. The van der Waals surface area contributed by atoms with Crippen molar-refractivity contribution in [1.29, 1.82) is 0 Å². The van der Waals surface area contributed by atoms with E-state index in [9.17, 15) is 9.59 Å². The van der Waals surface area contributed by atoms with Gasteiger partial charge in [0.2, 0.25) is 5.91 Å². The molecule has 0 unspecified atom stereocenters. The van der Waals surface area contributed by atoms with Crippen LogP contribution in [0.25, 0.3) is 0 Å². The highest BCUT2D eigenvalue weighted by Gasteiger charge is 2.14. The molecule has 1 amide bonds. The van der Waals surface area contributed by atoms with Crippen LogP contribution in [0.5, 0.6) is 0 Å². The van der Waals surface area contributed by atoms with Crippen molar-refractivity contribution in [3.63, 3.8) is 0 Å². The van der Waals surface area contributed by atoms with E-state index in [4.69, 9.17) is 16.7 Å². The lowest BCUT2D eigenvalue weighted by atomic mass is 10.2. The minimum Gasteiger partial charge on any atom is -0.481 e. The van der Waals surface area contributed by atoms with Crippen LogP contribution in [-0.4, -0.2) is 28.4 Å². The first-order chi connectivity index (χ1) is 9.02. The maximum atomic E-state index is 12.0. The lowest BCUT2D eigenvalue weighted by Gasteiger charge is -2.20. The van der Waals surface area contributed by atoms with Gasteiger partial charge in [0, 0.05) is 24.3 Å². The third kappa shape index (κ3) is 5.89. The van der Waals surface area contributed by atoms with Gasteiger partial charge in [-0.15, -0.1) is 17.9 Å². The van der Waals surface area contributed by atoms with Gasteiger partial charge >= 0.3 is 5.97 Å². The molecule has 0 saturated heterocycles. The monoisotopic (exact) mass is 301 g/mol. The van der Waals surface area contributed by atoms with Gasteiger partial charge in [-0.2, -0.15) is 0 Å². The molecule has 1 aromatic heterocycles. The van der Waals surface area contributed by atoms with Crippen LogP contribution in [0.3, 0.4) is 0 Å². The first-order valence-electron chi connectivity index (χ1n) is 5.87. The zero-order chi connectivity index (χ0) is 14.3. The lowest BCUT2D eigenvalue weighted by molar-refractivity contribution is -0.137.